The average molecular weight is 288 g/mol. The molecule has 0 bridgehead atoms. The molecule has 0 radical (unpaired) electrons. The van der Waals surface area contributed by atoms with Crippen molar-refractivity contribution in [1.29, 1.82) is 0 Å². The van der Waals surface area contributed by atoms with Crippen LogP contribution in [-0.4, -0.2) is 17.8 Å². The number of nitrogen functional groups attached to an aromatic ring is 1. The van der Waals surface area contributed by atoms with Crippen LogP contribution in [0, 0.1) is 0 Å². The number of hydrogen-bond donors (Lipinski definition) is 2. The number of aromatic nitrogens is 1. The largest absolute Gasteiger partial charge is 0.489 e. The van der Waals surface area contributed by atoms with E-state index in [1.165, 1.54) is 11.3 Å². The molecule has 0 atom stereocenters. The Morgan fingerprint density at radius 3 is 3.05 bits per heavy atom. The molecule has 0 saturated carbocycles. The third-order valence-electron chi connectivity index (χ3n) is 2.28. The predicted octanol–water partition coefficient (Wildman–Crippen LogP) is 3.13. The number of rotatable bonds is 6. The van der Waals surface area contributed by atoms with Gasteiger partial charge in [-0.1, -0.05) is 18.7 Å². The van der Waals surface area contributed by atoms with Crippen LogP contribution >= 0.6 is 11.3 Å². The molecule has 104 valence electrons. The first-order valence-electron chi connectivity index (χ1n) is 6.01. The van der Waals surface area contributed by atoms with Crippen LogP contribution in [0.3, 0.4) is 0 Å². The molecule has 0 aliphatic heterocycles. The summed E-state index contributed by atoms with van der Waals surface area (Å²) in [4.78, 5) is 4.05. The zero-order valence-corrected chi connectivity index (χ0v) is 12.0. The van der Waals surface area contributed by atoms with Gasteiger partial charge < -0.3 is 10.5 Å². The summed E-state index contributed by atoms with van der Waals surface area (Å²) in [6, 6.07) is 7.66. The molecular formula is C14H16N4OS. The Hall–Kier alpha value is -2.34. The minimum Gasteiger partial charge on any atom is -0.489 e. The number of thiazole rings is 1. The number of hydrazone groups is 1. The van der Waals surface area contributed by atoms with Crippen molar-refractivity contribution in [2.24, 2.45) is 5.10 Å². The average Bonchev–Trinajstić information content (AvgIpc) is 2.83. The van der Waals surface area contributed by atoms with E-state index in [9.17, 15) is 0 Å². The first-order valence-corrected chi connectivity index (χ1v) is 6.89. The maximum Gasteiger partial charge on any atom is 0.205 e. The van der Waals surface area contributed by atoms with E-state index in [2.05, 4.69) is 22.1 Å². The van der Waals surface area contributed by atoms with Gasteiger partial charge in [-0.25, -0.2) is 4.98 Å². The van der Waals surface area contributed by atoms with E-state index in [1.54, 1.807) is 11.6 Å². The summed E-state index contributed by atoms with van der Waals surface area (Å²) in [5.74, 6) is 1.25. The standard InChI is InChI=1S/C14H16N4OS/c1-10(2)8-19-12-6-4-3-5-11(12)7-16-18-14-17-13(15)9-20-14/h3-7,9H,1,8,15H2,2H3,(H,17,18). The van der Waals surface area contributed by atoms with Crippen molar-refractivity contribution in [3.05, 3.63) is 47.4 Å². The highest BCUT2D eigenvalue weighted by atomic mass is 32.1. The number of hydrogen-bond acceptors (Lipinski definition) is 6. The molecule has 0 saturated heterocycles. The number of anilines is 2. The highest BCUT2D eigenvalue weighted by Gasteiger charge is 2.01. The van der Waals surface area contributed by atoms with Gasteiger partial charge in [-0.15, -0.1) is 11.3 Å². The lowest BCUT2D eigenvalue weighted by atomic mass is 10.2. The molecule has 6 heteroatoms. The Bertz CT molecular complexity index is 621. The van der Waals surface area contributed by atoms with Crippen molar-refractivity contribution in [2.75, 3.05) is 17.8 Å². The van der Waals surface area contributed by atoms with Crippen molar-refractivity contribution in [3.8, 4) is 5.75 Å². The molecule has 1 heterocycles. The molecule has 0 fully saturated rings. The topological polar surface area (TPSA) is 72.5 Å². The highest BCUT2D eigenvalue weighted by molar-refractivity contribution is 7.14. The van der Waals surface area contributed by atoms with Crippen molar-refractivity contribution < 1.29 is 4.74 Å². The van der Waals surface area contributed by atoms with Crippen LogP contribution in [0.4, 0.5) is 10.9 Å². The number of nitrogens with one attached hydrogen (secondary N) is 1. The van der Waals surface area contributed by atoms with Crippen LogP contribution in [-0.2, 0) is 0 Å². The van der Waals surface area contributed by atoms with E-state index in [-0.39, 0.29) is 0 Å². The number of nitrogens with zero attached hydrogens (tertiary/aromatic N) is 2. The van der Waals surface area contributed by atoms with Crippen LogP contribution in [0.25, 0.3) is 0 Å². The summed E-state index contributed by atoms with van der Waals surface area (Å²) in [6.45, 7) is 6.22. The van der Waals surface area contributed by atoms with Gasteiger partial charge in [-0.2, -0.15) is 5.10 Å². The van der Waals surface area contributed by atoms with E-state index in [0.29, 0.717) is 17.6 Å². The summed E-state index contributed by atoms with van der Waals surface area (Å²) in [6.07, 6.45) is 1.69. The molecule has 5 nitrogen and oxygen atoms in total. The predicted molar refractivity (Wildman–Crippen MR) is 84.5 cm³/mol. The fraction of sp³-hybridized carbons (Fsp3) is 0.143. The maximum absolute atomic E-state index is 5.65. The normalized spacial score (nSPS) is 10.7. The molecule has 20 heavy (non-hydrogen) atoms. The first-order chi connectivity index (χ1) is 9.65. The smallest absolute Gasteiger partial charge is 0.205 e. The monoisotopic (exact) mass is 288 g/mol. The minimum atomic E-state index is 0.484. The van der Waals surface area contributed by atoms with Gasteiger partial charge in [0.25, 0.3) is 0 Å². The third kappa shape index (κ3) is 4.10. The number of nitrogens with two attached hydrogens (primary N) is 1. The second-order valence-electron chi connectivity index (χ2n) is 4.23. The number of benzene rings is 1. The van der Waals surface area contributed by atoms with Crippen LogP contribution in [0.5, 0.6) is 5.75 Å². The lowest BCUT2D eigenvalue weighted by Crippen LogP contribution is -2.00. The van der Waals surface area contributed by atoms with Gasteiger partial charge in [0.05, 0.1) is 6.21 Å². The molecule has 0 spiro atoms. The van der Waals surface area contributed by atoms with Gasteiger partial charge in [-0.05, 0) is 24.6 Å². The van der Waals surface area contributed by atoms with E-state index >= 15 is 0 Å². The van der Waals surface area contributed by atoms with Crippen LogP contribution in [0.15, 0.2) is 46.9 Å². The summed E-state index contributed by atoms with van der Waals surface area (Å²) < 4.78 is 5.65. The SMILES string of the molecule is C=C(C)COc1ccccc1C=NNc1nc(N)cs1. The second kappa shape index (κ2) is 6.72. The Labute approximate surface area is 121 Å². The van der Waals surface area contributed by atoms with Gasteiger partial charge in [0, 0.05) is 10.9 Å². The summed E-state index contributed by atoms with van der Waals surface area (Å²) in [7, 11) is 0. The fourth-order valence-electron chi connectivity index (χ4n) is 1.41. The molecule has 2 rings (SSSR count). The van der Waals surface area contributed by atoms with Gasteiger partial charge in [0.15, 0.2) is 0 Å². The number of ether oxygens (including phenoxy) is 1. The fourth-order valence-corrected chi connectivity index (χ4v) is 1.96. The van der Waals surface area contributed by atoms with E-state index in [0.717, 1.165) is 16.9 Å². The molecule has 3 N–H and O–H groups in total. The zero-order valence-electron chi connectivity index (χ0n) is 11.2. The molecule has 2 aromatic rings. The lowest BCUT2D eigenvalue weighted by Gasteiger charge is -2.08. The molecule has 0 aliphatic carbocycles. The molecule has 0 unspecified atom stereocenters. The van der Waals surface area contributed by atoms with Gasteiger partial charge in [-0.3, -0.25) is 5.43 Å². The Morgan fingerprint density at radius 2 is 2.35 bits per heavy atom. The van der Waals surface area contributed by atoms with Crippen LogP contribution < -0.4 is 15.9 Å². The second-order valence-corrected chi connectivity index (χ2v) is 5.09. The van der Waals surface area contributed by atoms with Gasteiger partial charge in [0.2, 0.25) is 5.13 Å². The van der Waals surface area contributed by atoms with Crippen LogP contribution in [0.1, 0.15) is 12.5 Å². The summed E-state index contributed by atoms with van der Waals surface area (Å²) in [5.41, 5.74) is 10.2. The Balaban J connectivity index is 2.02. The highest BCUT2D eigenvalue weighted by Crippen LogP contribution is 2.18. The van der Waals surface area contributed by atoms with E-state index in [4.69, 9.17) is 10.5 Å². The Kier molecular flexibility index (Phi) is 4.73. The summed E-state index contributed by atoms with van der Waals surface area (Å²) >= 11 is 1.40. The first kappa shape index (κ1) is 14.1. The molecule has 1 aromatic heterocycles. The molecule has 0 amide bonds. The maximum atomic E-state index is 5.65. The number of para-hydroxylation sites is 1. The molecule has 0 aliphatic rings. The van der Waals surface area contributed by atoms with Crippen molar-refractivity contribution in [3.63, 3.8) is 0 Å². The van der Waals surface area contributed by atoms with E-state index < -0.39 is 0 Å². The van der Waals surface area contributed by atoms with Gasteiger partial charge in [0.1, 0.15) is 18.2 Å². The quantitative estimate of drug-likeness (QED) is 0.486. The van der Waals surface area contributed by atoms with E-state index in [1.807, 2.05) is 31.2 Å². The Morgan fingerprint density at radius 1 is 1.55 bits per heavy atom. The molecular weight excluding hydrogens is 272 g/mol. The van der Waals surface area contributed by atoms with Crippen LogP contribution in [0.2, 0.25) is 0 Å². The summed E-state index contributed by atoms with van der Waals surface area (Å²) in [5, 5.41) is 6.53. The zero-order chi connectivity index (χ0) is 14.4. The third-order valence-corrected chi connectivity index (χ3v) is 3.04. The van der Waals surface area contributed by atoms with Crippen molar-refractivity contribution >= 4 is 28.5 Å². The van der Waals surface area contributed by atoms with Gasteiger partial charge >= 0.3 is 0 Å². The minimum absolute atomic E-state index is 0.484. The lowest BCUT2D eigenvalue weighted by molar-refractivity contribution is 0.352. The van der Waals surface area contributed by atoms with Crippen molar-refractivity contribution in [2.45, 2.75) is 6.92 Å². The van der Waals surface area contributed by atoms with Crippen molar-refractivity contribution in [1.82, 2.24) is 4.98 Å². The molecule has 1 aromatic carbocycles.